The molecule has 3 aromatic rings. The molecule has 1 aliphatic heterocycles. The normalized spacial score (nSPS) is 26.1. The lowest BCUT2D eigenvalue weighted by molar-refractivity contribution is -0.108. The first-order chi connectivity index (χ1) is 21.6. The van der Waals surface area contributed by atoms with Gasteiger partial charge in [0.1, 0.15) is 24.0 Å². The maximum Gasteiger partial charge on any atom is 0.261 e. The van der Waals surface area contributed by atoms with Crippen LogP contribution < -0.4 is 20.9 Å². The fourth-order valence-corrected chi connectivity index (χ4v) is 7.80. The van der Waals surface area contributed by atoms with E-state index in [1.807, 2.05) is 18.2 Å². The molecule has 1 aromatic heterocycles. The van der Waals surface area contributed by atoms with Crippen molar-refractivity contribution in [3.05, 3.63) is 64.0 Å². The van der Waals surface area contributed by atoms with Gasteiger partial charge in [-0.2, -0.15) is 0 Å². The summed E-state index contributed by atoms with van der Waals surface area (Å²) >= 11 is 0. The van der Waals surface area contributed by atoms with E-state index in [4.69, 9.17) is 19.5 Å². The number of hydrogen-bond acceptors (Lipinski definition) is 6. The maximum absolute atomic E-state index is 14.6. The molecule has 2 N–H and O–H groups in total. The molecule has 45 heavy (non-hydrogen) atoms. The van der Waals surface area contributed by atoms with Gasteiger partial charge in [-0.25, -0.2) is 14.4 Å². The number of fused-ring (bicyclic) bond motifs is 3. The van der Waals surface area contributed by atoms with Crippen molar-refractivity contribution in [2.24, 2.45) is 28.2 Å². The van der Waals surface area contributed by atoms with Gasteiger partial charge >= 0.3 is 0 Å². The monoisotopic (exact) mass is 618 g/mol. The van der Waals surface area contributed by atoms with Crippen molar-refractivity contribution in [1.82, 2.24) is 19.8 Å². The molecule has 4 fully saturated rings. The van der Waals surface area contributed by atoms with Gasteiger partial charge in [-0.3, -0.25) is 9.36 Å². The lowest BCUT2D eigenvalue weighted by Gasteiger charge is -2.61. The number of halogens is 1. The molecule has 9 nitrogen and oxygen atoms in total. The Morgan fingerprint density at radius 2 is 2.00 bits per heavy atom. The zero-order valence-electron chi connectivity index (χ0n) is 27.4. The molecule has 2 aromatic carbocycles. The Morgan fingerprint density at radius 3 is 2.69 bits per heavy atom. The fourth-order valence-electron chi connectivity index (χ4n) is 7.80. The molecule has 0 spiro atoms. The molecule has 2 heterocycles. The number of ether oxygens (including phenoxy) is 2. The molecule has 1 saturated heterocycles. The smallest absolute Gasteiger partial charge is 0.261 e. The van der Waals surface area contributed by atoms with E-state index in [0.29, 0.717) is 57.8 Å². The molecule has 1 unspecified atom stereocenters. The lowest BCUT2D eigenvalue weighted by atomic mass is 9.45. The van der Waals surface area contributed by atoms with Crippen molar-refractivity contribution in [2.45, 2.75) is 72.2 Å². The fraction of sp³-hybridized carbons (Fsp3) is 0.571. The van der Waals surface area contributed by atoms with E-state index in [1.165, 1.54) is 19.6 Å². The molecule has 4 aliphatic rings. The zero-order valence-corrected chi connectivity index (χ0v) is 27.4. The Labute approximate surface area is 265 Å². The number of methoxy groups -OCH3 is 2. The first kappa shape index (κ1) is 31.5. The maximum atomic E-state index is 14.6. The number of aromatic nitrogens is 2. The Kier molecular flexibility index (Phi) is 8.89. The highest BCUT2D eigenvalue weighted by Crippen LogP contribution is 2.61. The summed E-state index contributed by atoms with van der Waals surface area (Å²) in [5, 5.41) is 7.69. The number of rotatable bonds is 8. The van der Waals surface area contributed by atoms with Gasteiger partial charge in [-0.1, -0.05) is 26.8 Å². The van der Waals surface area contributed by atoms with Crippen LogP contribution in [0.5, 0.6) is 5.75 Å². The predicted molar refractivity (Wildman–Crippen MR) is 176 cm³/mol. The molecule has 2 bridgehead atoms. The van der Waals surface area contributed by atoms with Crippen molar-refractivity contribution in [3.8, 4) is 5.75 Å². The van der Waals surface area contributed by atoms with Crippen molar-refractivity contribution >= 4 is 22.5 Å². The number of nitrogens with zero attached hydrogens (tertiary/aromatic N) is 4. The predicted octanol–water partition coefficient (Wildman–Crippen LogP) is 5.07. The minimum Gasteiger partial charge on any atom is -0.497 e. The second-order valence-electron chi connectivity index (χ2n) is 13.8. The van der Waals surface area contributed by atoms with Gasteiger partial charge in [0.25, 0.3) is 5.56 Å². The molecule has 5 atom stereocenters. The summed E-state index contributed by atoms with van der Waals surface area (Å²) in [5.74, 6) is 3.46. The van der Waals surface area contributed by atoms with Gasteiger partial charge in [0.2, 0.25) is 0 Å². The largest absolute Gasteiger partial charge is 0.497 e. The molecule has 3 aliphatic carbocycles. The van der Waals surface area contributed by atoms with Crippen LogP contribution in [0.1, 0.15) is 51.9 Å². The van der Waals surface area contributed by atoms with Gasteiger partial charge in [0.15, 0.2) is 5.96 Å². The van der Waals surface area contributed by atoms with Crippen molar-refractivity contribution in [3.63, 3.8) is 0 Å². The highest BCUT2D eigenvalue weighted by atomic mass is 19.1. The van der Waals surface area contributed by atoms with E-state index < -0.39 is 0 Å². The standard InChI is InChI=1S/C35H47FN6O3/c1-21-19-41(14-12-37-21)34(40-30-16-24-15-28(22(30)2)35(24,3)4)38-25-8-10-27-31(17-25)39-32(20-44-5)42(33(27)43)13-11-23-7-9-26(45-6)18-29(23)36/h7-10,17-18,21-22,24,28,30,37H,11-16,19-20H2,1-6H3,(H,38,40)/t21-,22-,24+,28+,30?/m0/s1. The summed E-state index contributed by atoms with van der Waals surface area (Å²) in [6, 6.07) is 11.1. The Bertz CT molecular complexity index is 1640. The minimum atomic E-state index is -0.361. The van der Waals surface area contributed by atoms with Crippen LogP contribution in [0.2, 0.25) is 0 Å². The third-order valence-electron chi connectivity index (χ3n) is 10.7. The summed E-state index contributed by atoms with van der Waals surface area (Å²) in [4.78, 5) is 26.3. The van der Waals surface area contributed by atoms with E-state index >= 15 is 0 Å². The average molecular weight is 619 g/mol. The molecule has 242 valence electrons. The number of anilines is 1. The summed E-state index contributed by atoms with van der Waals surface area (Å²) in [5.41, 5.74) is 2.17. The molecule has 7 rings (SSSR count). The van der Waals surface area contributed by atoms with Crippen LogP contribution in [0, 0.1) is 29.0 Å². The Balaban J connectivity index is 1.29. The molecular formula is C35H47FN6O3. The van der Waals surface area contributed by atoms with Gasteiger partial charge < -0.3 is 25.0 Å². The van der Waals surface area contributed by atoms with Crippen LogP contribution in [0.3, 0.4) is 0 Å². The number of nitrogens with one attached hydrogen (secondary N) is 2. The number of hydrogen-bond donors (Lipinski definition) is 2. The van der Waals surface area contributed by atoms with Crippen LogP contribution >= 0.6 is 0 Å². The van der Waals surface area contributed by atoms with E-state index in [2.05, 4.69) is 43.2 Å². The highest BCUT2D eigenvalue weighted by Gasteiger charge is 2.56. The molecule has 3 saturated carbocycles. The number of piperazine rings is 1. The first-order valence-electron chi connectivity index (χ1n) is 16.3. The highest BCUT2D eigenvalue weighted by molar-refractivity contribution is 5.96. The van der Waals surface area contributed by atoms with Gasteiger partial charge in [-0.15, -0.1) is 0 Å². The number of aryl methyl sites for hydroxylation is 1. The third kappa shape index (κ3) is 6.19. The molecule has 0 amide bonds. The Hall–Kier alpha value is -3.50. The quantitative estimate of drug-likeness (QED) is 0.269. The summed E-state index contributed by atoms with van der Waals surface area (Å²) in [6.45, 7) is 12.5. The van der Waals surface area contributed by atoms with Crippen molar-refractivity contribution in [2.75, 3.05) is 39.2 Å². The van der Waals surface area contributed by atoms with Crippen LogP contribution in [-0.4, -0.2) is 66.3 Å². The van der Waals surface area contributed by atoms with Crippen LogP contribution in [0.25, 0.3) is 10.9 Å². The number of benzene rings is 2. The lowest BCUT2D eigenvalue weighted by Crippen LogP contribution is -2.57. The average Bonchev–Trinajstić information content (AvgIpc) is 3.01. The van der Waals surface area contributed by atoms with Gasteiger partial charge in [0.05, 0.1) is 24.1 Å². The second-order valence-corrected chi connectivity index (χ2v) is 13.8. The van der Waals surface area contributed by atoms with E-state index in [-0.39, 0.29) is 30.6 Å². The first-order valence-corrected chi connectivity index (χ1v) is 16.3. The number of aliphatic imine (C=N–C) groups is 1. The topological polar surface area (TPSA) is 93.0 Å². The number of guanidine groups is 1. The SMILES string of the molecule is COCc1nc2cc(NC(=NC3C[C@H]4C[C@H]([C@@H]3C)C4(C)C)N3CCN[C@@H](C)C3)ccc2c(=O)n1CCc1ccc(OC)cc1F. The minimum absolute atomic E-state index is 0.164. The van der Waals surface area contributed by atoms with Crippen LogP contribution in [-0.2, 0) is 24.3 Å². The summed E-state index contributed by atoms with van der Waals surface area (Å²) < 4.78 is 26.8. The van der Waals surface area contributed by atoms with Crippen molar-refractivity contribution in [1.29, 1.82) is 0 Å². The van der Waals surface area contributed by atoms with Gasteiger partial charge in [-0.05, 0) is 79.2 Å². The summed E-state index contributed by atoms with van der Waals surface area (Å²) in [6.07, 6.45) is 2.78. The van der Waals surface area contributed by atoms with E-state index in [0.717, 1.165) is 43.6 Å². The second kappa shape index (κ2) is 12.7. The van der Waals surface area contributed by atoms with Crippen LogP contribution in [0.15, 0.2) is 46.2 Å². The molecular weight excluding hydrogens is 571 g/mol. The Morgan fingerprint density at radius 1 is 1.18 bits per heavy atom. The molecule has 0 radical (unpaired) electrons. The zero-order chi connectivity index (χ0) is 31.9. The van der Waals surface area contributed by atoms with Crippen LogP contribution in [0.4, 0.5) is 10.1 Å². The summed E-state index contributed by atoms with van der Waals surface area (Å²) in [7, 11) is 3.09. The molecule has 10 heteroatoms. The van der Waals surface area contributed by atoms with E-state index in [9.17, 15) is 9.18 Å². The third-order valence-corrected chi connectivity index (χ3v) is 10.7. The van der Waals surface area contributed by atoms with Gasteiger partial charge in [0, 0.05) is 51.1 Å². The van der Waals surface area contributed by atoms with E-state index in [1.54, 1.807) is 23.8 Å². The van der Waals surface area contributed by atoms with Crippen molar-refractivity contribution < 1.29 is 13.9 Å².